The van der Waals surface area contributed by atoms with E-state index in [0.29, 0.717) is 38.8 Å². The van der Waals surface area contributed by atoms with Crippen LogP contribution in [0.1, 0.15) is 90.4 Å². The van der Waals surface area contributed by atoms with Gasteiger partial charge >= 0.3 is 23.9 Å². The minimum Gasteiger partial charge on any atom is -0.427 e. The first-order valence-corrected chi connectivity index (χ1v) is 19.3. The normalized spacial score (nSPS) is 12.6. The fourth-order valence-corrected chi connectivity index (χ4v) is 5.04. The summed E-state index contributed by atoms with van der Waals surface area (Å²) in [6.45, 7) is 0.643. The Morgan fingerprint density at radius 1 is 0.508 bits per heavy atom. The van der Waals surface area contributed by atoms with E-state index in [-0.39, 0.29) is 57.1 Å². The predicted molar refractivity (Wildman–Crippen MR) is 213 cm³/mol. The quantitative estimate of drug-likeness (QED) is 0.00757. The molecule has 24 nitrogen and oxygen atoms in total. The van der Waals surface area contributed by atoms with E-state index in [2.05, 4.69) is 31.3 Å². The number of Topliss-reactive ketones (excluding diaryl/α,β-unsaturated/α-hetero) is 1. The van der Waals surface area contributed by atoms with Gasteiger partial charge in [-0.15, -0.1) is 0 Å². The third-order valence-corrected chi connectivity index (χ3v) is 8.07. The van der Waals surface area contributed by atoms with Gasteiger partial charge < -0.3 is 74.6 Å². The fourth-order valence-electron chi connectivity index (χ4n) is 5.04. The van der Waals surface area contributed by atoms with E-state index in [9.17, 15) is 38.4 Å². The summed E-state index contributed by atoms with van der Waals surface area (Å²) in [5.74, 6) is -6.46. The molecule has 0 aromatic rings. The Bertz CT molecular complexity index is 1410. The molecule has 0 rings (SSSR count). The number of ether oxygens (including phenoxy) is 4. The minimum absolute atomic E-state index is 0.0168. The first-order chi connectivity index (χ1) is 28.0. The van der Waals surface area contributed by atoms with Crippen LogP contribution in [-0.2, 0) is 57.3 Å². The second kappa shape index (κ2) is 32.3. The zero-order valence-corrected chi connectivity index (χ0v) is 34.0. The molecule has 0 saturated carbocycles. The van der Waals surface area contributed by atoms with Crippen molar-refractivity contribution in [3.8, 4) is 0 Å². The Balaban J connectivity index is 5.42. The zero-order valence-electron chi connectivity index (χ0n) is 34.0. The summed E-state index contributed by atoms with van der Waals surface area (Å²) in [4.78, 5) is 108. The molecule has 4 unspecified atom stereocenters. The number of amides is 3. The van der Waals surface area contributed by atoms with Gasteiger partial charge in [-0.05, 0) is 84.8 Å². The topological polar surface area (TPSA) is 402 Å². The number of aliphatic imine (C=N–C) groups is 2. The summed E-state index contributed by atoms with van der Waals surface area (Å²) in [7, 11) is 1.59. The minimum atomic E-state index is -1.30. The van der Waals surface area contributed by atoms with E-state index in [4.69, 9.17) is 53.3 Å². The molecular formula is C35H64N12O12. The van der Waals surface area contributed by atoms with E-state index in [0.717, 1.165) is 6.42 Å². The standard InChI is InChI=1S/C35H64N12O12/c1-22(48)19-29(51)47-26(12-8-18-44-35(40)41)33(55)59-21-58-32(54)25(11-7-17-43-34(38)39)46-28(50)14-13-27(49)45-24(10-4-6-16-37)31(53)57-20-56-30(52)23(42-2)9-3-5-15-36/h23-26,42H,3-21,36-37H2,1-2H3,(H,45,49)(H,46,50)(H,47,51)(H4,38,39,43)(H4,40,41,44). The number of carbonyl (C=O) groups is 8. The van der Waals surface area contributed by atoms with Crippen molar-refractivity contribution in [2.75, 3.05) is 46.8 Å². The number of nitrogens with one attached hydrogen (secondary N) is 4. The van der Waals surface area contributed by atoms with Crippen molar-refractivity contribution in [3.05, 3.63) is 0 Å². The van der Waals surface area contributed by atoms with Crippen molar-refractivity contribution in [2.45, 2.75) is 115 Å². The Kier molecular flexibility index (Phi) is 29.3. The zero-order chi connectivity index (χ0) is 44.6. The van der Waals surface area contributed by atoms with Gasteiger partial charge in [0.2, 0.25) is 31.3 Å². The molecule has 59 heavy (non-hydrogen) atoms. The molecule has 4 atom stereocenters. The third-order valence-electron chi connectivity index (χ3n) is 8.07. The van der Waals surface area contributed by atoms with Gasteiger partial charge in [0.15, 0.2) is 11.9 Å². The summed E-state index contributed by atoms with van der Waals surface area (Å²) in [5, 5.41) is 10.2. The summed E-state index contributed by atoms with van der Waals surface area (Å²) < 4.78 is 20.3. The van der Waals surface area contributed by atoms with Crippen LogP contribution in [0.3, 0.4) is 0 Å². The van der Waals surface area contributed by atoms with Gasteiger partial charge in [-0.2, -0.15) is 0 Å². The SMILES string of the molecule is CNC(CCCCN)C(=O)OCOC(=O)C(CCCCN)NC(=O)CCC(=O)NC(CCCN=C(N)N)C(=O)OCOC(=O)C(CCCN=C(N)N)NC(=O)CC(C)=O. The highest BCUT2D eigenvalue weighted by molar-refractivity contribution is 5.98. The maximum absolute atomic E-state index is 13.0. The summed E-state index contributed by atoms with van der Waals surface area (Å²) in [6.07, 6.45) is 2.15. The lowest BCUT2D eigenvalue weighted by molar-refractivity contribution is -0.172. The Hall–Kier alpha value is -5.62. The average molecular weight is 845 g/mol. The van der Waals surface area contributed by atoms with E-state index < -0.39 is 104 Å². The number of esters is 4. The summed E-state index contributed by atoms with van der Waals surface area (Å²) in [6, 6.07) is -4.29. The highest BCUT2D eigenvalue weighted by Gasteiger charge is 2.27. The van der Waals surface area contributed by atoms with Crippen LogP contribution in [0.5, 0.6) is 0 Å². The Morgan fingerprint density at radius 3 is 1.19 bits per heavy atom. The number of ketones is 1. The van der Waals surface area contributed by atoms with Crippen LogP contribution in [0.2, 0.25) is 0 Å². The van der Waals surface area contributed by atoms with Crippen molar-refractivity contribution < 1.29 is 57.3 Å². The third kappa shape index (κ3) is 27.6. The number of nitrogens with zero attached hydrogens (tertiary/aromatic N) is 2. The number of likely N-dealkylation sites (N-methyl/N-ethyl adjacent to an activating group) is 1. The molecule has 0 aliphatic rings. The van der Waals surface area contributed by atoms with Gasteiger partial charge in [0.1, 0.15) is 30.0 Å². The maximum atomic E-state index is 13.0. The van der Waals surface area contributed by atoms with Crippen LogP contribution in [0, 0.1) is 0 Å². The number of rotatable bonds is 33. The van der Waals surface area contributed by atoms with E-state index in [1.165, 1.54) is 6.92 Å². The maximum Gasteiger partial charge on any atom is 0.331 e. The van der Waals surface area contributed by atoms with Gasteiger partial charge in [0, 0.05) is 25.9 Å². The number of unbranched alkanes of at least 4 members (excludes halogenated alkanes) is 2. The second-order valence-corrected chi connectivity index (χ2v) is 13.1. The van der Waals surface area contributed by atoms with Gasteiger partial charge in [0.05, 0.1) is 6.42 Å². The molecule has 24 heteroatoms. The molecule has 336 valence electrons. The molecule has 0 aliphatic carbocycles. The van der Waals surface area contributed by atoms with Crippen molar-refractivity contribution >= 4 is 59.3 Å². The lowest BCUT2D eigenvalue weighted by Gasteiger charge is -2.20. The molecule has 3 amide bonds. The van der Waals surface area contributed by atoms with E-state index >= 15 is 0 Å². The molecule has 0 saturated heterocycles. The number of carbonyl (C=O) groups excluding carboxylic acids is 8. The molecule has 0 aliphatic heterocycles. The lowest BCUT2D eigenvalue weighted by Crippen LogP contribution is -2.45. The molecule has 16 N–H and O–H groups in total. The van der Waals surface area contributed by atoms with Crippen molar-refractivity contribution in [1.29, 1.82) is 0 Å². The average Bonchev–Trinajstić information content (AvgIpc) is 3.16. The molecule has 0 fully saturated rings. The number of nitrogens with two attached hydrogens (primary N) is 6. The summed E-state index contributed by atoms with van der Waals surface area (Å²) >= 11 is 0. The lowest BCUT2D eigenvalue weighted by atomic mass is 10.1. The van der Waals surface area contributed by atoms with Gasteiger partial charge in [0.25, 0.3) is 0 Å². The molecule has 0 heterocycles. The van der Waals surface area contributed by atoms with Crippen LogP contribution in [0.15, 0.2) is 9.98 Å². The fraction of sp³-hybridized carbons (Fsp3) is 0.714. The molecule has 0 aromatic carbocycles. The van der Waals surface area contributed by atoms with E-state index in [1.807, 2.05) is 0 Å². The molecule has 0 spiro atoms. The number of guanidine groups is 2. The molecule has 0 radical (unpaired) electrons. The highest BCUT2D eigenvalue weighted by atomic mass is 16.7. The van der Waals surface area contributed by atoms with Crippen LogP contribution in [-0.4, -0.2) is 130 Å². The smallest absolute Gasteiger partial charge is 0.331 e. The van der Waals surface area contributed by atoms with Crippen LogP contribution in [0.25, 0.3) is 0 Å². The number of hydrogen-bond acceptors (Lipinski definition) is 17. The second-order valence-electron chi connectivity index (χ2n) is 13.1. The van der Waals surface area contributed by atoms with Gasteiger partial charge in [-0.25, -0.2) is 14.4 Å². The predicted octanol–water partition coefficient (Wildman–Crippen LogP) is -3.76. The molecular weight excluding hydrogens is 780 g/mol. The van der Waals surface area contributed by atoms with Gasteiger partial charge in [-0.3, -0.25) is 34.0 Å². The van der Waals surface area contributed by atoms with Crippen LogP contribution in [0.4, 0.5) is 0 Å². The van der Waals surface area contributed by atoms with Crippen molar-refractivity contribution in [1.82, 2.24) is 21.3 Å². The summed E-state index contributed by atoms with van der Waals surface area (Å²) in [5.41, 5.74) is 32.4. The Morgan fingerprint density at radius 2 is 0.847 bits per heavy atom. The van der Waals surface area contributed by atoms with Crippen molar-refractivity contribution in [3.63, 3.8) is 0 Å². The van der Waals surface area contributed by atoms with Crippen molar-refractivity contribution in [2.24, 2.45) is 44.4 Å². The van der Waals surface area contributed by atoms with Crippen LogP contribution < -0.4 is 55.7 Å². The monoisotopic (exact) mass is 844 g/mol. The van der Waals surface area contributed by atoms with Crippen LogP contribution >= 0.6 is 0 Å². The first-order valence-electron chi connectivity index (χ1n) is 19.3. The first kappa shape index (κ1) is 53.4. The largest absolute Gasteiger partial charge is 0.427 e. The van der Waals surface area contributed by atoms with E-state index in [1.54, 1.807) is 7.05 Å². The molecule has 0 bridgehead atoms. The Labute approximate surface area is 343 Å². The van der Waals surface area contributed by atoms with Gasteiger partial charge in [-0.1, -0.05) is 6.42 Å². The highest BCUT2D eigenvalue weighted by Crippen LogP contribution is 2.08. The number of hydrogen-bond donors (Lipinski definition) is 10. The molecule has 0 aromatic heterocycles.